The van der Waals surface area contributed by atoms with E-state index in [1.54, 1.807) is 37.3 Å². The van der Waals surface area contributed by atoms with Crippen molar-refractivity contribution in [2.45, 2.75) is 19.8 Å². The second kappa shape index (κ2) is 5.52. The number of allylic oxidation sites excluding steroid dienone is 3. The molecule has 25 heavy (non-hydrogen) atoms. The van der Waals surface area contributed by atoms with Crippen molar-refractivity contribution in [1.29, 1.82) is 0 Å². The Bertz CT molecular complexity index is 1000. The van der Waals surface area contributed by atoms with Crippen molar-refractivity contribution in [1.82, 2.24) is 5.32 Å². The third kappa shape index (κ3) is 2.18. The Balaban J connectivity index is 2.00. The fraction of sp³-hybridized carbons (Fsp3) is 0.143. The van der Waals surface area contributed by atoms with Crippen molar-refractivity contribution in [2.24, 2.45) is 0 Å². The zero-order chi connectivity index (χ0) is 17.7. The molecule has 1 aliphatic heterocycles. The lowest BCUT2D eigenvalue weighted by molar-refractivity contribution is -0.113. The normalized spacial score (nSPS) is 18.8. The zero-order valence-electron chi connectivity index (χ0n) is 13.9. The monoisotopic (exact) mass is 333 g/mol. The third-order valence-electron chi connectivity index (χ3n) is 4.84. The molecule has 0 saturated carbocycles. The van der Waals surface area contributed by atoms with Gasteiger partial charge in [0.15, 0.2) is 11.6 Å². The van der Waals surface area contributed by atoms with Crippen molar-refractivity contribution in [3.8, 4) is 0 Å². The molecule has 2 aromatic rings. The first-order valence-corrected chi connectivity index (χ1v) is 8.12. The number of hydrogen-bond donors (Lipinski definition) is 1. The van der Waals surface area contributed by atoms with E-state index in [9.17, 15) is 14.0 Å². The van der Waals surface area contributed by atoms with Crippen LogP contribution in [-0.2, 0) is 4.79 Å². The molecular formula is C21H16FNO2. The number of benzene rings is 2. The number of ketones is 2. The van der Waals surface area contributed by atoms with E-state index < -0.39 is 11.7 Å². The summed E-state index contributed by atoms with van der Waals surface area (Å²) < 4.78 is 14.6. The molecule has 124 valence electrons. The maximum absolute atomic E-state index is 14.6. The summed E-state index contributed by atoms with van der Waals surface area (Å²) >= 11 is 0. The number of carbonyl (C=O) groups excluding carboxylic acids is 2. The van der Waals surface area contributed by atoms with Crippen LogP contribution in [0.1, 0.15) is 41.3 Å². The Labute approximate surface area is 144 Å². The summed E-state index contributed by atoms with van der Waals surface area (Å²) in [6.45, 7) is 3.24. The number of nitrogens with one attached hydrogen (secondary N) is 1. The molecule has 0 fully saturated rings. The van der Waals surface area contributed by atoms with Crippen LogP contribution in [0.15, 0.2) is 65.4 Å². The molecule has 4 heteroatoms. The highest BCUT2D eigenvalue weighted by molar-refractivity contribution is 6.23. The van der Waals surface area contributed by atoms with Gasteiger partial charge >= 0.3 is 0 Å². The molecular weight excluding hydrogens is 317 g/mol. The van der Waals surface area contributed by atoms with Gasteiger partial charge in [-0.25, -0.2) is 4.39 Å². The molecule has 0 aromatic heterocycles. The summed E-state index contributed by atoms with van der Waals surface area (Å²) in [5.74, 6) is -1.45. The lowest BCUT2D eigenvalue weighted by atomic mass is 9.78. The van der Waals surface area contributed by atoms with Gasteiger partial charge in [-0.1, -0.05) is 42.5 Å². The zero-order valence-corrected chi connectivity index (χ0v) is 13.9. The van der Waals surface area contributed by atoms with Gasteiger partial charge in [-0.3, -0.25) is 9.59 Å². The van der Waals surface area contributed by atoms with Crippen molar-refractivity contribution < 1.29 is 14.0 Å². The van der Waals surface area contributed by atoms with E-state index in [2.05, 4.69) is 5.32 Å². The van der Waals surface area contributed by atoms with Crippen LogP contribution < -0.4 is 5.32 Å². The fourth-order valence-corrected chi connectivity index (χ4v) is 3.82. The van der Waals surface area contributed by atoms with E-state index in [-0.39, 0.29) is 11.6 Å². The summed E-state index contributed by atoms with van der Waals surface area (Å²) in [5, 5.41) is 3.21. The predicted octanol–water partition coefficient (Wildman–Crippen LogP) is 3.98. The molecule has 4 rings (SSSR count). The first kappa shape index (κ1) is 15.5. The highest BCUT2D eigenvalue weighted by Gasteiger charge is 2.42. The second-order valence-corrected chi connectivity index (χ2v) is 6.34. The molecule has 0 radical (unpaired) electrons. The molecule has 3 nitrogen and oxygen atoms in total. The van der Waals surface area contributed by atoms with Crippen LogP contribution in [0.2, 0.25) is 0 Å². The lowest BCUT2D eigenvalue weighted by Crippen LogP contribution is -2.28. The smallest absolute Gasteiger partial charge is 0.192 e. The Kier molecular flexibility index (Phi) is 3.42. The third-order valence-corrected chi connectivity index (χ3v) is 4.84. The molecule has 1 N–H and O–H groups in total. The van der Waals surface area contributed by atoms with Crippen LogP contribution in [0.4, 0.5) is 4.39 Å². The maximum atomic E-state index is 14.6. The number of halogens is 1. The lowest BCUT2D eigenvalue weighted by Gasteiger charge is -2.29. The first-order chi connectivity index (χ1) is 12.0. The van der Waals surface area contributed by atoms with E-state index in [1.807, 2.05) is 12.1 Å². The van der Waals surface area contributed by atoms with Gasteiger partial charge in [0.05, 0.1) is 5.70 Å². The molecule has 0 spiro atoms. The van der Waals surface area contributed by atoms with Gasteiger partial charge in [-0.15, -0.1) is 0 Å². The summed E-state index contributed by atoms with van der Waals surface area (Å²) in [7, 11) is 0. The van der Waals surface area contributed by atoms with Crippen molar-refractivity contribution >= 4 is 17.3 Å². The molecule has 1 unspecified atom stereocenters. The molecule has 0 amide bonds. The minimum absolute atomic E-state index is 0.155. The Hall–Kier alpha value is -3.01. The number of Topliss-reactive ketones (excluding diaryl/α,β-unsaturated/α-hetero) is 2. The van der Waals surface area contributed by atoms with Crippen molar-refractivity contribution in [3.63, 3.8) is 0 Å². The highest BCUT2D eigenvalue weighted by atomic mass is 19.1. The summed E-state index contributed by atoms with van der Waals surface area (Å²) in [6, 6.07) is 13.6. The van der Waals surface area contributed by atoms with Gasteiger partial charge in [0, 0.05) is 39.5 Å². The largest absolute Gasteiger partial charge is 0.358 e. The number of hydrogen-bond acceptors (Lipinski definition) is 3. The quantitative estimate of drug-likeness (QED) is 0.904. The topological polar surface area (TPSA) is 46.2 Å². The summed E-state index contributed by atoms with van der Waals surface area (Å²) in [4.78, 5) is 25.4. The average Bonchev–Trinajstić information content (AvgIpc) is 2.87. The average molecular weight is 333 g/mol. The second-order valence-electron chi connectivity index (χ2n) is 6.34. The van der Waals surface area contributed by atoms with Crippen LogP contribution in [-0.4, -0.2) is 11.6 Å². The van der Waals surface area contributed by atoms with Crippen LogP contribution in [0, 0.1) is 5.82 Å². The summed E-state index contributed by atoms with van der Waals surface area (Å²) in [6.07, 6.45) is 0. The van der Waals surface area contributed by atoms with E-state index >= 15 is 0 Å². The van der Waals surface area contributed by atoms with Gasteiger partial charge < -0.3 is 5.32 Å². The Morgan fingerprint density at radius 2 is 1.68 bits per heavy atom. The Morgan fingerprint density at radius 1 is 1.04 bits per heavy atom. The SMILES string of the molecule is CC(=O)C1=C(C)NC2=C(C(=O)c3ccccc32)C1c1ccccc1F. The van der Waals surface area contributed by atoms with Gasteiger partial charge in [-0.05, 0) is 19.9 Å². The summed E-state index contributed by atoms with van der Waals surface area (Å²) in [5.41, 5.74) is 3.94. The minimum Gasteiger partial charge on any atom is -0.358 e. The molecule has 1 heterocycles. The van der Waals surface area contributed by atoms with Crippen molar-refractivity contribution in [2.75, 3.05) is 0 Å². The van der Waals surface area contributed by atoms with E-state index in [4.69, 9.17) is 0 Å². The number of dihydropyridines is 1. The molecule has 2 aromatic carbocycles. The predicted molar refractivity (Wildman–Crippen MR) is 93.4 cm³/mol. The van der Waals surface area contributed by atoms with Crippen LogP contribution in [0.25, 0.3) is 5.70 Å². The van der Waals surface area contributed by atoms with E-state index in [0.29, 0.717) is 33.7 Å². The van der Waals surface area contributed by atoms with Gasteiger partial charge in [0.2, 0.25) is 0 Å². The first-order valence-electron chi connectivity index (χ1n) is 8.12. The standard InChI is InChI=1S/C21H16FNO2/c1-11-17(12(2)24)18(15-9-5-6-10-16(15)22)19-20(23-11)13-7-3-4-8-14(13)21(19)25/h3-10,18,23H,1-2H3. The number of rotatable bonds is 2. The molecule has 1 atom stereocenters. The highest BCUT2D eigenvalue weighted by Crippen LogP contribution is 2.46. The van der Waals surface area contributed by atoms with Gasteiger partial charge in [-0.2, -0.15) is 0 Å². The minimum atomic E-state index is -0.699. The van der Waals surface area contributed by atoms with Gasteiger partial charge in [0.25, 0.3) is 0 Å². The fourth-order valence-electron chi connectivity index (χ4n) is 3.82. The maximum Gasteiger partial charge on any atom is 0.192 e. The van der Waals surface area contributed by atoms with Crippen LogP contribution in [0.5, 0.6) is 0 Å². The van der Waals surface area contributed by atoms with Crippen LogP contribution >= 0.6 is 0 Å². The molecule has 0 saturated heterocycles. The van der Waals surface area contributed by atoms with E-state index in [0.717, 1.165) is 5.56 Å². The molecule has 0 bridgehead atoms. The number of carbonyl (C=O) groups is 2. The Morgan fingerprint density at radius 3 is 2.36 bits per heavy atom. The van der Waals surface area contributed by atoms with Gasteiger partial charge in [0.1, 0.15) is 5.82 Å². The van der Waals surface area contributed by atoms with Crippen molar-refractivity contribution in [3.05, 3.63) is 87.9 Å². The van der Waals surface area contributed by atoms with E-state index in [1.165, 1.54) is 13.0 Å². The molecule has 2 aliphatic rings. The molecule has 1 aliphatic carbocycles. The number of fused-ring (bicyclic) bond motifs is 2. The van der Waals surface area contributed by atoms with Crippen LogP contribution in [0.3, 0.4) is 0 Å².